The fourth-order valence-electron chi connectivity index (χ4n) is 3.91. The summed E-state index contributed by atoms with van der Waals surface area (Å²) in [7, 11) is 0. The van der Waals surface area contributed by atoms with Crippen LogP contribution in [0.2, 0.25) is 0 Å². The average molecular weight is 432 g/mol. The normalized spacial score (nSPS) is 16.4. The lowest BCUT2D eigenvalue weighted by atomic mass is 10.0. The van der Waals surface area contributed by atoms with Crippen LogP contribution in [0.25, 0.3) is 22.6 Å². The van der Waals surface area contributed by atoms with E-state index in [1.54, 1.807) is 11.0 Å². The summed E-state index contributed by atoms with van der Waals surface area (Å²) in [6, 6.07) is 18.2. The molecular weight excluding hydrogens is 410 g/mol. The van der Waals surface area contributed by atoms with Crippen LogP contribution in [0.5, 0.6) is 0 Å². The Kier molecular flexibility index (Phi) is 5.26. The molecule has 2 amide bonds. The van der Waals surface area contributed by atoms with E-state index < -0.39 is 6.04 Å². The summed E-state index contributed by atoms with van der Waals surface area (Å²) in [5.74, 6) is 0.319. The van der Waals surface area contributed by atoms with Crippen molar-refractivity contribution in [1.29, 1.82) is 0 Å². The molecule has 1 aliphatic heterocycles. The minimum atomic E-state index is -0.458. The van der Waals surface area contributed by atoms with Gasteiger partial charge in [-0.25, -0.2) is 4.98 Å². The summed E-state index contributed by atoms with van der Waals surface area (Å²) >= 11 is 1.41. The molecule has 2 aromatic carbocycles. The van der Waals surface area contributed by atoms with E-state index in [9.17, 15) is 9.59 Å². The van der Waals surface area contributed by atoms with Gasteiger partial charge in [0.2, 0.25) is 11.8 Å². The van der Waals surface area contributed by atoms with E-state index in [1.807, 2.05) is 60.0 Å². The summed E-state index contributed by atoms with van der Waals surface area (Å²) in [5.41, 5.74) is 3.06. The Balaban J connectivity index is 1.30. The third-order valence-corrected chi connectivity index (χ3v) is 6.35. The monoisotopic (exact) mass is 431 g/mol. The number of benzene rings is 2. The Morgan fingerprint density at radius 2 is 1.87 bits per heavy atom. The van der Waals surface area contributed by atoms with Crippen LogP contribution in [0.1, 0.15) is 28.9 Å². The highest BCUT2D eigenvalue weighted by molar-refractivity contribution is 7.12. The van der Waals surface area contributed by atoms with Crippen molar-refractivity contribution in [2.45, 2.75) is 25.3 Å². The summed E-state index contributed by atoms with van der Waals surface area (Å²) in [6.07, 6.45) is 2.52. The Morgan fingerprint density at radius 1 is 1.03 bits per heavy atom. The van der Waals surface area contributed by atoms with Crippen LogP contribution in [0.4, 0.5) is 5.69 Å². The summed E-state index contributed by atoms with van der Waals surface area (Å²) < 4.78 is 5.80. The molecule has 7 heteroatoms. The molecule has 0 bridgehead atoms. The van der Waals surface area contributed by atoms with Gasteiger partial charge >= 0.3 is 0 Å². The number of amides is 2. The molecular formula is C24H21N3O3S. The predicted octanol–water partition coefficient (Wildman–Crippen LogP) is 5.19. The summed E-state index contributed by atoms with van der Waals surface area (Å²) in [5, 5.41) is 4.85. The molecule has 0 unspecified atom stereocenters. The van der Waals surface area contributed by atoms with Gasteiger partial charge in [-0.15, -0.1) is 11.3 Å². The van der Waals surface area contributed by atoms with Gasteiger partial charge in [0.15, 0.2) is 5.58 Å². The first-order valence-electron chi connectivity index (χ1n) is 10.3. The summed E-state index contributed by atoms with van der Waals surface area (Å²) in [4.78, 5) is 32.7. The van der Waals surface area contributed by atoms with Crippen LogP contribution in [-0.4, -0.2) is 34.3 Å². The Hall–Kier alpha value is -3.45. The molecule has 2 aromatic heterocycles. The number of thiophene rings is 1. The molecule has 156 valence electrons. The molecule has 0 saturated carbocycles. The van der Waals surface area contributed by atoms with Crippen LogP contribution >= 0.6 is 11.3 Å². The number of nitrogens with zero attached hydrogens (tertiary/aromatic N) is 2. The van der Waals surface area contributed by atoms with Crippen molar-refractivity contribution in [3.05, 3.63) is 70.9 Å². The second-order valence-electron chi connectivity index (χ2n) is 7.54. The number of hydrogen-bond acceptors (Lipinski definition) is 5. The zero-order valence-corrected chi connectivity index (χ0v) is 17.6. The van der Waals surface area contributed by atoms with E-state index in [2.05, 4.69) is 10.3 Å². The second kappa shape index (κ2) is 8.35. The van der Waals surface area contributed by atoms with Gasteiger partial charge in [-0.1, -0.05) is 18.2 Å². The molecule has 5 rings (SSSR count). The number of anilines is 1. The van der Waals surface area contributed by atoms with E-state index in [0.29, 0.717) is 29.4 Å². The molecule has 0 aliphatic carbocycles. The maximum atomic E-state index is 13.0. The number of piperidine rings is 1. The number of carbonyl (C=O) groups is 2. The third-order valence-electron chi connectivity index (χ3n) is 5.49. The Labute approximate surface area is 183 Å². The van der Waals surface area contributed by atoms with Crippen molar-refractivity contribution in [1.82, 2.24) is 9.88 Å². The minimum Gasteiger partial charge on any atom is -0.436 e. The fourth-order valence-corrected chi connectivity index (χ4v) is 4.59. The number of carbonyl (C=O) groups excluding carboxylic acids is 2. The SMILES string of the molecule is O=C(Nc1ccc(-c2nc3ccccc3o2)cc1)[C@@H]1CCCCN1C(=O)c1cccs1. The lowest BCUT2D eigenvalue weighted by Gasteiger charge is -2.34. The van der Waals surface area contributed by atoms with Crippen LogP contribution in [0.3, 0.4) is 0 Å². The zero-order chi connectivity index (χ0) is 21.2. The highest BCUT2D eigenvalue weighted by Gasteiger charge is 2.33. The van der Waals surface area contributed by atoms with Gasteiger partial charge < -0.3 is 14.6 Å². The average Bonchev–Trinajstić information content (AvgIpc) is 3.49. The van der Waals surface area contributed by atoms with Crippen molar-refractivity contribution in [3.8, 4) is 11.5 Å². The number of hydrogen-bond donors (Lipinski definition) is 1. The van der Waals surface area contributed by atoms with E-state index >= 15 is 0 Å². The molecule has 0 spiro atoms. The lowest BCUT2D eigenvalue weighted by molar-refractivity contribution is -0.121. The molecule has 0 radical (unpaired) electrons. The molecule has 1 fully saturated rings. The standard InChI is InChI=1S/C24H21N3O3S/c28-22(19-7-3-4-14-27(19)24(29)21-9-5-15-31-21)25-17-12-10-16(11-13-17)23-26-18-6-1-2-8-20(18)30-23/h1-2,5-6,8-13,15,19H,3-4,7,14H2,(H,25,28)/t19-/m0/s1. The Morgan fingerprint density at radius 3 is 2.65 bits per heavy atom. The fraction of sp³-hybridized carbons (Fsp3) is 0.208. The maximum Gasteiger partial charge on any atom is 0.264 e. The van der Waals surface area contributed by atoms with E-state index in [-0.39, 0.29) is 11.8 Å². The highest BCUT2D eigenvalue weighted by Crippen LogP contribution is 2.26. The number of rotatable bonds is 4. The highest BCUT2D eigenvalue weighted by atomic mass is 32.1. The lowest BCUT2D eigenvalue weighted by Crippen LogP contribution is -2.49. The van der Waals surface area contributed by atoms with Crippen molar-refractivity contribution in [2.24, 2.45) is 0 Å². The van der Waals surface area contributed by atoms with Crippen LogP contribution < -0.4 is 5.32 Å². The number of oxazole rings is 1. The Bertz CT molecular complexity index is 1180. The largest absolute Gasteiger partial charge is 0.436 e. The van der Waals surface area contributed by atoms with Crippen LogP contribution in [0, 0.1) is 0 Å². The van der Waals surface area contributed by atoms with Crippen molar-refractivity contribution in [2.75, 3.05) is 11.9 Å². The first-order chi connectivity index (χ1) is 15.2. The van der Waals surface area contributed by atoms with Gasteiger partial charge in [-0.05, 0) is 67.1 Å². The second-order valence-corrected chi connectivity index (χ2v) is 8.49. The van der Waals surface area contributed by atoms with E-state index in [0.717, 1.165) is 29.5 Å². The van der Waals surface area contributed by atoms with Crippen molar-refractivity contribution < 1.29 is 14.0 Å². The first-order valence-corrected chi connectivity index (χ1v) is 11.2. The molecule has 1 atom stereocenters. The van der Waals surface area contributed by atoms with Crippen LogP contribution in [0.15, 0.2) is 70.5 Å². The number of nitrogens with one attached hydrogen (secondary N) is 1. The number of likely N-dealkylation sites (tertiary alicyclic amines) is 1. The van der Waals surface area contributed by atoms with Gasteiger partial charge in [-0.3, -0.25) is 9.59 Å². The zero-order valence-electron chi connectivity index (χ0n) is 16.8. The third kappa shape index (κ3) is 3.96. The maximum absolute atomic E-state index is 13.0. The number of para-hydroxylation sites is 2. The van der Waals surface area contributed by atoms with Gasteiger partial charge in [0.1, 0.15) is 11.6 Å². The predicted molar refractivity (Wildman–Crippen MR) is 121 cm³/mol. The van der Waals surface area contributed by atoms with Crippen molar-refractivity contribution in [3.63, 3.8) is 0 Å². The minimum absolute atomic E-state index is 0.0684. The van der Waals surface area contributed by atoms with E-state index in [4.69, 9.17) is 4.42 Å². The molecule has 3 heterocycles. The molecule has 4 aromatic rings. The molecule has 1 saturated heterocycles. The van der Waals surface area contributed by atoms with Gasteiger partial charge in [0.05, 0.1) is 4.88 Å². The van der Waals surface area contributed by atoms with Crippen molar-refractivity contribution >= 4 is 39.9 Å². The quantitative estimate of drug-likeness (QED) is 0.482. The topological polar surface area (TPSA) is 75.4 Å². The molecule has 1 N–H and O–H groups in total. The van der Waals surface area contributed by atoms with Crippen LogP contribution in [-0.2, 0) is 4.79 Å². The van der Waals surface area contributed by atoms with Gasteiger partial charge in [0, 0.05) is 17.8 Å². The van der Waals surface area contributed by atoms with Gasteiger partial charge in [0.25, 0.3) is 5.91 Å². The molecule has 1 aliphatic rings. The van der Waals surface area contributed by atoms with Gasteiger partial charge in [-0.2, -0.15) is 0 Å². The molecule has 6 nitrogen and oxygen atoms in total. The first kappa shape index (κ1) is 19.5. The van der Waals surface area contributed by atoms with E-state index in [1.165, 1.54) is 11.3 Å². The molecule has 31 heavy (non-hydrogen) atoms. The number of fused-ring (bicyclic) bond motifs is 1. The summed E-state index contributed by atoms with van der Waals surface area (Å²) in [6.45, 7) is 0.603. The smallest absolute Gasteiger partial charge is 0.264 e. The number of aromatic nitrogens is 1.